The van der Waals surface area contributed by atoms with Gasteiger partial charge in [0.2, 0.25) is 0 Å². The third kappa shape index (κ3) is 3.41. The van der Waals surface area contributed by atoms with Crippen molar-refractivity contribution in [3.8, 4) is 33.4 Å². The van der Waals surface area contributed by atoms with Crippen LogP contribution >= 0.6 is 0 Å². The number of benzene rings is 7. The first kappa shape index (κ1) is 8.97. The van der Waals surface area contributed by atoms with Crippen molar-refractivity contribution in [1.82, 2.24) is 0 Å². The highest BCUT2D eigenvalue weighted by Gasteiger charge is 2.20. The van der Waals surface area contributed by atoms with Crippen molar-refractivity contribution in [3.63, 3.8) is 0 Å². The molecule has 0 aliphatic heterocycles. The fourth-order valence-electron chi connectivity index (χ4n) is 4.72. The zero-order chi connectivity index (χ0) is 45.8. The maximum atomic E-state index is 9.59. The Balaban J connectivity index is 1.81. The van der Waals surface area contributed by atoms with Gasteiger partial charge in [0.1, 0.15) is 11.2 Å². The van der Waals surface area contributed by atoms with E-state index in [1.807, 2.05) is 0 Å². The second-order valence-electron chi connectivity index (χ2n) is 8.34. The first-order valence-corrected chi connectivity index (χ1v) is 11.5. The van der Waals surface area contributed by atoms with Crippen molar-refractivity contribution in [3.05, 3.63) is 145 Å². The van der Waals surface area contributed by atoms with E-state index >= 15 is 0 Å². The lowest BCUT2D eigenvalue weighted by Gasteiger charge is -2.20. The van der Waals surface area contributed by atoms with Gasteiger partial charge in [0.15, 0.2) is 0 Å². The monoisotopic (exact) mass is 519 g/mol. The average molecular weight is 520 g/mol. The first-order chi connectivity index (χ1) is 28.9. The van der Waals surface area contributed by atoms with Gasteiger partial charge in [-0.15, -0.1) is 0 Å². The molecular formula is C38H24O. The molecule has 1 aromatic heterocycles. The molecule has 0 amide bonds. The summed E-state index contributed by atoms with van der Waals surface area (Å²) in [7, 11) is 0. The molecule has 0 saturated heterocycles. The highest BCUT2D eigenvalue weighted by atomic mass is 16.3. The van der Waals surface area contributed by atoms with E-state index in [9.17, 15) is 6.85 Å². The summed E-state index contributed by atoms with van der Waals surface area (Å²) >= 11 is 0. The average Bonchev–Trinajstić information content (AvgIpc) is 3.66. The first-order valence-electron chi connectivity index (χ1n) is 23.0. The summed E-state index contributed by atoms with van der Waals surface area (Å²) in [4.78, 5) is 0. The van der Waals surface area contributed by atoms with Crippen molar-refractivity contribution >= 4 is 43.5 Å². The minimum Gasteiger partial charge on any atom is -0.456 e. The highest BCUT2D eigenvalue weighted by molar-refractivity contribution is 6.25. The van der Waals surface area contributed by atoms with Crippen molar-refractivity contribution in [1.29, 1.82) is 0 Å². The molecule has 0 N–H and O–H groups in total. The Kier molecular flexibility index (Phi) is 2.00. The summed E-state index contributed by atoms with van der Waals surface area (Å²) in [5.41, 5.74) is -4.81. The number of para-hydroxylation sites is 1. The predicted octanol–water partition coefficient (Wildman–Crippen LogP) is 10.9. The zero-order valence-electron chi connectivity index (χ0n) is 42.5. The molecule has 0 fully saturated rings. The summed E-state index contributed by atoms with van der Waals surface area (Å²) in [6, 6.07) is -18.6. The Morgan fingerprint density at radius 3 is 1.72 bits per heavy atom. The Hall–Kier alpha value is -5.14. The minimum absolute atomic E-state index is 0.372. The van der Waals surface area contributed by atoms with E-state index in [4.69, 9.17) is 29.1 Å². The van der Waals surface area contributed by atoms with Gasteiger partial charge in [-0.1, -0.05) is 127 Å². The maximum Gasteiger partial charge on any atom is 0.135 e. The van der Waals surface area contributed by atoms with Crippen molar-refractivity contribution in [2.75, 3.05) is 0 Å². The molecule has 39 heavy (non-hydrogen) atoms. The lowest BCUT2D eigenvalue weighted by Crippen LogP contribution is -1.93. The van der Waals surface area contributed by atoms with E-state index in [0.29, 0.717) is 0 Å². The molecule has 0 radical (unpaired) electrons. The number of rotatable bonds is 3. The van der Waals surface area contributed by atoms with E-state index < -0.39 is 210 Å². The van der Waals surface area contributed by atoms with Crippen LogP contribution in [-0.4, -0.2) is 0 Å². The molecule has 1 nitrogen and oxygen atoms in total. The second kappa shape index (κ2) is 8.72. The Bertz CT molecular complexity index is 3390. The summed E-state index contributed by atoms with van der Waals surface area (Å²) < 4.78 is 209. The molecular weight excluding hydrogens is 472 g/mol. The smallest absolute Gasteiger partial charge is 0.135 e. The Labute approximate surface area is 258 Å². The van der Waals surface area contributed by atoms with Crippen LogP contribution in [0.15, 0.2) is 149 Å². The van der Waals surface area contributed by atoms with Crippen LogP contribution in [0, 0.1) is 0 Å². The molecule has 8 rings (SSSR count). The topological polar surface area (TPSA) is 13.1 Å². The van der Waals surface area contributed by atoms with Gasteiger partial charge in [-0.3, -0.25) is 0 Å². The normalized spacial score (nSPS) is 19.8. The predicted molar refractivity (Wildman–Crippen MR) is 165 cm³/mol. The molecule has 182 valence electrons. The number of fused-ring (bicyclic) bond motifs is 5. The molecule has 8 aromatic rings. The molecule has 0 aliphatic carbocycles. The van der Waals surface area contributed by atoms with Crippen LogP contribution in [0.5, 0.6) is 0 Å². The van der Waals surface area contributed by atoms with Crippen LogP contribution < -0.4 is 0 Å². The quantitative estimate of drug-likeness (QED) is 0.212. The summed E-state index contributed by atoms with van der Waals surface area (Å²) in [5.74, 6) is 0. The zero-order valence-corrected chi connectivity index (χ0v) is 19.5. The van der Waals surface area contributed by atoms with E-state index in [0.717, 1.165) is 6.07 Å². The number of hydrogen-bond donors (Lipinski definition) is 0. The summed E-state index contributed by atoms with van der Waals surface area (Å²) in [5, 5.41) is -3.25. The Morgan fingerprint density at radius 1 is 0.410 bits per heavy atom. The van der Waals surface area contributed by atoms with Gasteiger partial charge in [0.25, 0.3) is 0 Å². The van der Waals surface area contributed by atoms with Gasteiger partial charge in [-0.2, -0.15) is 0 Å². The van der Waals surface area contributed by atoms with Crippen LogP contribution in [-0.2, 0) is 0 Å². The lowest BCUT2D eigenvalue weighted by molar-refractivity contribution is 0.669. The van der Waals surface area contributed by atoms with Crippen LogP contribution in [0.25, 0.3) is 76.9 Å². The van der Waals surface area contributed by atoms with Gasteiger partial charge in [-0.25, -0.2) is 0 Å². The molecule has 0 atom stereocenters. The van der Waals surface area contributed by atoms with Crippen LogP contribution in [0.1, 0.15) is 31.5 Å². The van der Waals surface area contributed by atoms with Gasteiger partial charge in [0, 0.05) is 10.8 Å². The van der Waals surface area contributed by atoms with Gasteiger partial charge >= 0.3 is 0 Å². The number of furan rings is 1. The minimum atomic E-state index is -0.931. The third-order valence-electron chi connectivity index (χ3n) is 6.28. The maximum absolute atomic E-state index is 9.59. The molecule has 7 aromatic carbocycles. The van der Waals surface area contributed by atoms with E-state index in [1.165, 1.54) is 0 Å². The van der Waals surface area contributed by atoms with Crippen LogP contribution in [0.3, 0.4) is 0 Å². The van der Waals surface area contributed by atoms with E-state index in [-0.39, 0.29) is 5.39 Å². The molecule has 0 bridgehead atoms. The summed E-state index contributed by atoms with van der Waals surface area (Å²) in [6.07, 6.45) is 0. The molecule has 0 saturated carbocycles. The third-order valence-corrected chi connectivity index (χ3v) is 6.28. The SMILES string of the molecule is [2H]c1cc(-c2c([2H])c([2H])c3oc4c([2H])c([2H])c([2H])c([2H])c4c3c2[2H])c2c(-c3c([2H])c([2H])c([2H])c([2H])c3[2H])c3c([2H])c([2H])c([2H])c([2H])c3c(-c3c([2H])c([2H])c([2H])c([2H])c3[2H])c2c1[2H]. The molecule has 0 aliphatic rings. The van der Waals surface area contributed by atoms with Gasteiger partial charge in [-0.05, 0) is 73.1 Å². The van der Waals surface area contributed by atoms with Gasteiger partial charge in [0.05, 0.1) is 31.5 Å². The molecule has 0 spiro atoms. The Morgan fingerprint density at radius 2 is 0.974 bits per heavy atom. The fraction of sp³-hybridized carbons (Fsp3) is 0. The fourth-order valence-corrected chi connectivity index (χ4v) is 4.72. The molecule has 1 heteroatoms. The second-order valence-corrected chi connectivity index (χ2v) is 8.34. The van der Waals surface area contributed by atoms with Crippen molar-refractivity contribution < 1.29 is 35.9 Å². The standard InChI is InChI=1S/C38H24O/c1-3-12-25(13-4-1)36-30-17-7-8-18-31(30)37(26-14-5-2-6-15-26)38-28(19-11-20-32(36)38)27-22-23-35-33(24-27)29-16-9-10-21-34(29)39-35/h1-24H/i1D,2D,3D,4D,5D,6D,7D,8D,9D,10D,11D,12D,13D,14D,15D,16D,17D,18D,20D,21D,22D,23D,24D. The largest absolute Gasteiger partial charge is 0.456 e. The van der Waals surface area contributed by atoms with Crippen LogP contribution in [0.2, 0.25) is 0 Å². The molecule has 1 heterocycles. The molecule has 0 unspecified atom stereocenters. The summed E-state index contributed by atoms with van der Waals surface area (Å²) in [6.45, 7) is 0. The van der Waals surface area contributed by atoms with Crippen LogP contribution in [0.4, 0.5) is 0 Å². The van der Waals surface area contributed by atoms with Gasteiger partial charge < -0.3 is 4.42 Å². The van der Waals surface area contributed by atoms with Crippen molar-refractivity contribution in [2.24, 2.45) is 0 Å². The van der Waals surface area contributed by atoms with Crippen molar-refractivity contribution in [2.45, 2.75) is 0 Å². The lowest BCUT2D eigenvalue weighted by atomic mass is 9.83. The highest BCUT2D eigenvalue weighted by Crippen LogP contribution is 2.47. The van der Waals surface area contributed by atoms with E-state index in [1.54, 1.807) is 0 Å². The van der Waals surface area contributed by atoms with E-state index in [2.05, 4.69) is 0 Å². The number of hydrogen-bond acceptors (Lipinski definition) is 1.